The number of nitrogens with zero attached hydrogens (tertiary/aromatic N) is 2. The smallest absolute Gasteiger partial charge is 0.303 e. The third-order valence-corrected chi connectivity index (χ3v) is 6.17. The molecule has 1 aromatic heterocycles. The monoisotopic (exact) mass is 338 g/mol. The van der Waals surface area contributed by atoms with Crippen molar-refractivity contribution in [1.29, 1.82) is 0 Å². The van der Waals surface area contributed by atoms with E-state index in [0.29, 0.717) is 0 Å². The van der Waals surface area contributed by atoms with Gasteiger partial charge in [0.25, 0.3) is 0 Å². The number of rotatable bonds is 5. The third-order valence-electron chi connectivity index (χ3n) is 3.66. The van der Waals surface area contributed by atoms with Gasteiger partial charge in [-0.1, -0.05) is 60.7 Å². The summed E-state index contributed by atoms with van der Waals surface area (Å²) in [7, 11) is 0.979. The number of carbonyl (C=O) groups is 1. The molecule has 3 aromatic rings. The van der Waals surface area contributed by atoms with Gasteiger partial charge in [-0.25, -0.2) is 4.98 Å². The van der Waals surface area contributed by atoms with Gasteiger partial charge in [0.1, 0.15) is 0 Å². The highest BCUT2D eigenvalue weighted by atomic mass is 31.1. The molecule has 1 heterocycles. The average molecular weight is 338 g/mol. The highest BCUT2D eigenvalue weighted by Gasteiger charge is 2.31. The minimum Gasteiger partial charge on any atom is -0.449 e. The standard InChI is InChI=1S/C19H19N2O2P/c1-15(22)23-19(18-20-13-14-21(18)2)24(16-9-5-3-6-10-16)17-11-7-4-8-12-17/h3-14,19H,1-2H3. The maximum Gasteiger partial charge on any atom is 0.303 e. The largest absolute Gasteiger partial charge is 0.449 e. The Morgan fingerprint density at radius 1 is 1.04 bits per heavy atom. The molecule has 0 bridgehead atoms. The minimum atomic E-state index is -0.940. The quantitative estimate of drug-likeness (QED) is 0.530. The number of hydrogen-bond donors (Lipinski definition) is 0. The molecule has 0 fully saturated rings. The van der Waals surface area contributed by atoms with Crippen molar-refractivity contribution in [3.8, 4) is 0 Å². The van der Waals surface area contributed by atoms with Crippen molar-refractivity contribution >= 4 is 24.5 Å². The first-order valence-corrected chi connectivity index (χ1v) is 9.11. The molecule has 0 aliphatic heterocycles. The first-order valence-electron chi connectivity index (χ1n) is 7.70. The molecule has 0 aliphatic rings. The Hall–Kier alpha value is -2.45. The van der Waals surface area contributed by atoms with Gasteiger partial charge in [0, 0.05) is 34.3 Å². The van der Waals surface area contributed by atoms with Crippen LogP contribution in [-0.2, 0) is 16.6 Å². The molecule has 2 aromatic carbocycles. The maximum absolute atomic E-state index is 11.8. The Balaban J connectivity index is 2.14. The van der Waals surface area contributed by atoms with Crippen LogP contribution in [0.4, 0.5) is 0 Å². The molecule has 24 heavy (non-hydrogen) atoms. The Morgan fingerprint density at radius 2 is 1.58 bits per heavy atom. The Kier molecular flexibility index (Phi) is 5.07. The molecular weight excluding hydrogens is 319 g/mol. The highest BCUT2D eigenvalue weighted by molar-refractivity contribution is 7.73. The van der Waals surface area contributed by atoms with Crippen molar-refractivity contribution in [2.75, 3.05) is 0 Å². The number of carbonyl (C=O) groups excluding carboxylic acids is 1. The van der Waals surface area contributed by atoms with Gasteiger partial charge < -0.3 is 9.30 Å². The molecule has 122 valence electrons. The summed E-state index contributed by atoms with van der Waals surface area (Å²) in [5, 5.41) is 2.29. The summed E-state index contributed by atoms with van der Waals surface area (Å²) >= 11 is 0. The summed E-state index contributed by atoms with van der Waals surface area (Å²) in [4.78, 5) is 16.2. The Labute approximate surface area is 142 Å². The van der Waals surface area contributed by atoms with Crippen molar-refractivity contribution < 1.29 is 9.53 Å². The van der Waals surface area contributed by atoms with E-state index in [2.05, 4.69) is 29.2 Å². The molecular formula is C19H19N2O2P. The lowest BCUT2D eigenvalue weighted by molar-refractivity contribution is -0.143. The molecule has 0 radical (unpaired) electrons. The predicted molar refractivity (Wildman–Crippen MR) is 96.8 cm³/mol. The van der Waals surface area contributed by atoms with E-state index in [-0.39, 0.29) is 5.97 Å². The zero-order valence-electron chi connectivity index (χ0n) is 13.7. The lowest BCUT2D eigenvalue weighted by Crippen LogP contribution is -2.22. The molecule has 0 spiro atoms. The van der Waals surface area contributed by atoms with Crippen molar-refractivity contribution in [2.45, 2.75) is 12.8 Å². The molecule has 4 nitrogen and oxygen atoms in total. The van der Waals surface area contributed by atoms with Crippen LogP contribution in [0.15, 0.2) is 73.1 Å². The summed E-state index contributed by atoms with van der Waals surface area (Å²) < 4.78 is 7.66. The van der Waals surface area contributed by atoms with Crippen LogP contribution in [0.1, 0.15) is 18.6 Å². The zero-order chi connectivity index (χ0) is 16.9. The molecule has 5 heteroatoms. The van der Waals surface area contributed by atoms with Gasteiger partial charge in [-0.15, -0.1) is 0 Å². The minimum absolute atomic E-state index is 0.303. The number of hydrogen-bond acceptors (Lipinski definition) is 3. The van der Waals surface area contributed by atoms with E-state index in [4.69, 9.17) is 4.74 Å². The van der Waals surface area contributed by atoms with Gasteiger partial charge in [0.05, 0.1) is 0 Å². The van der Waals surface area contributed by atoms with E-state index in [1.165, 1.54) is 6.92 Å². The van der Waals surface area contributed by atoms with Crippen LogP contribution in [0.3, 0.4) is 0 Å². The summed E-state index contributed by atoms with van der Waals surface area (Å²) in [6.07, 6.45) is 3.60. The zero-order valence-corrected chi connectivity index (χ0v) is 14.6. The van der Waals surface area contributed by atoms with Crippen molar-refractivity contribution in [1.82, 2.24) is 9.55 Å². The van der Waals surface area contributed by atoms with E-state index in [9.17, 15) is 4.79 Å². The number of imidazole rings is 1. The van der Waals surface area contributed by atoms with E-state index in [1.807, 2.05) is 54.2 Å². The highest BCUT2D eigenvalue weighted by Crippen LogP contribution is 2.49. The van der Waals surface area contributed by atoms with Crippen LogP contribution in [-0.4, -0.2) is 15.5 Å². The fraction of sp³-hybridized carbons (Fsp3) is 0.158. The fourth-order valence-corrected chi connectivity index (χ4v) is 5.15. The Bertz CT molecular complexity index is 763. The third kappa shape index (κ3) is 3.55. The number of aromatic nitrogens is 2. The average Bonchev–Trinajstić information content (AvgIpc) is 3.02. The van der Waals surface area contributed by atoms with Gasteiger partial charge in [-0.05, 0) is 10.6 Å². The fourth-order valence-electron chi connectivity index (χ4n) is 2.59. The number of aryl methyl sites for hydroxylation is 1. The molecule has 0 saturated heterocycles. The lowest BCUT2D eigenvalue weighted by atomic mass is 10.4. The van der Waals surface area contributed by atoms with Gasteiger partial charge in [0.2, 0.25) is 0 Å². The van der Waals surface area contributed by atoms with Gasteiger partial charge in [-0.2, -0.15) is 0 Å². The number of ether oxygens (including phenoxy) is 1. The summed E-state index contributed by atoms with van der Waals surface area (Å²) in [5.41, 5.74) is 0. The summed E-state index contributed by atoms with van der Waals surface area (Å²) in [6.45, 7) is 1.44. The normalized spacial score (nSPS) is 12.1. The molecule has 1 atom stereocenters. The molecule has 0 saturated carbocycles. The Morgan fingerprint density at radius 3 is 2.00 bits per heavy atom. The summed E-state index contributed by atoms with van der Waals surface area (Å²) in [5.74, 6) is 0.0219. The van der Waals surface area contributed by atoms with Crippen LogP contribution in [0.5, 0.6) is 0 Å². The first kappa shape index (κ1) is 16.4. The second-order valence-corrected chi connectivity index (χ2v) is 7.64. The van der Waals surface area contributed by atoms with E-state index < -0.39 is 13.8 Å². The molecule has 0 aliphatic carbocycles. The topological polar surface area (TPSA) is 44.1 Å². The van der Waals surface area contributed by atoms with E-state index in [1.54, 1.807) is 6.20 Å². The number of benzene rings is 2. The second-order valence-electron chi connectivity index (χ2n) is 5.40. The van der Waals surface area contributed by atoms with E-state index >= 15 is 0 Å². The summed E-state index contributed by atoms with van der Waals surface area (Å²) in [6, 6.07) is 20.3. The van der Waals surface area contributed by atoms with Crippen LogP contribution >= 0.6 is 7.92 Å². The maximum atomic E-state index is 11.8. The van der Waals surface area contributed by atoms with Crippen LogP contribution in [0.25, 0.3) is 0 Å². The molecule has 0 amide bonds. The first-order chi connectivity index (χ1) is 11.7. The van der Waals surface area contributed by atoms with Gasteiger partial charge >= 0.3 is 5.97 Å². The molecule has 0 N–H and O–H groups in total. The molecule has 3 rings (SSSR count). The molecule has 1 unspecified atom stereocenters. The second kappa shape index (κ2) is 7.41. The van der Waals surface area contributed by atoms with Crippen molar-refractivity contribution in [2.24, 2.45) is 7.05 Å². The SMILES string of the molecule is CC(=O)OC(c1nccn1C)P(c1ccccc1)c1ccccc1. The van der Waals surface area contributed by atoms with Gasteiger partial charge in [-0.3, -0.25) is 4.79 Å². The lowest BCUT2D eigenvalue weighted by Gasteiger charge is -2.27. The van der Waals surface area contributed by atoms with Crippen LogP contribution in [0, 0.1) is 0 Å². The van der Waals surface area contributed by atoms with E-state index in [0.717, 1.165) is 16.4 Å². The predicted octanol–water partition coefficient (Wildman–Crippen LogP) is 3.11. The van der Waals surface area contributed by atoms with Crippen LogP contribution < -0.4 is 10.6 Å². The van der Waals surface area contributed by atoms with Crippen LogP contribution in [0.2, 0.25) is 0 Å². The van der Waals surface area contributed by atoms with Gasteiger partial charge in [0.15, 0.2) is 11.7 Å². The van der Waals surface area contributed by atoms with Crippen molar-refractivity contribution in [3.63, 3.8) is 0 Å². The number of esters is 1. The van der Waals surface area contributed by atoms with Crippen molar-refractivity contribution in [3.05, 3.63) is 78.9 Å².